The minimum absolute atomic E-state index is 0.115. The summed E-state index contributed by atoms with van der Waals surface area (Å²) in [6, 6.07) is 19.1. The molecule has 0 radical (unpaired) electrons. The lowest BCUT2D eigenvalue weighted by Crippen LogP contribution is -2.27. The van der Waals surface area contributed by atoms with Crippen LogP contribution in [0.1, 0.15) is 16.8 Å². The molecule has 1 aromatic heterocycles. The van der Waals surface area contributed by atoms with E-state index in [-0.39, 0.29) is 10.9 Å². The zero-order chi connectivity index (χ0) is 21.1. The van der Waals surface area contributed by atoms with Crippen LogP contribution in [0.15, 0.2) is 78.0 Å². The van der Waals surface area contributed by atoms with Crippen LogP contribution < -0.4 is 16.0 Å². The van der Waals surface area contributed by atoms with Crippen molar-refractivity contribution >= 4 is 32.8 Å². The highest BCUT2D eigenvalue weighted by molar-refractivity contribution is 7.92. The third kappa shape index (κ3) is 3.99. The van der Waals surface area contributed by atoms with Gasteiger partial charge in [0.15, 0.2) is 14.9 Å². The molecule has 8 heteroatoms. The van der Waals surface area contributed by atoms with Crippen LogP contribution in [-0.4, -0.2) is 37.6 Å². The summed E-state index contributed by atoms with van der Waals surface area (Å²) in [7, 11) is -3.47. The molecular weight excluding hydrogens is 400 g/mol. The average molecular weight is 423 g/mol. The number of sulfone groups is 1. The molecule has 30 heavy (non-hydrogen) atoms. The number of nitrogens with zero attached hydrogens (tertiary/aromatic N) is 2. The van der Waals surface area contributed by atoms with Crippen LogP contribution in [0.3, 0.4) is 0 Å². The largest absolute Gasteiger partial charge is 0.397 e. The number of para-hydroxylation sites is 2. The highest BCUT2D eigenvalue weighted by Crippen LogP contribution is 2.27. The SMILES string of the molecule is Nc1ccccc1NC(=O)c1ccc(N2CC[C@H](S(=O)(=O)c3ccccn3)C2)cc1. The Balaban J connectivity index is 1.44. The van der Waals surface area contributed by atoms with E-state index in [0.29, 0.717) is 36.4 Å². The number of pyridine rings is 1. The topological polar surface area (TPSA) is 105 Å². The molecule has 1 fully saturated rings. The zero-order valence-electron chi connectivity index (χ0n) is 16.2. The summed E-state index contributed by atoms with van der Waals surface area (Å²) in [5.74, 6) is -0.253. The Hall–Kier alpha value is -3.39. The van der Waals surface area contributed by atoms with E-state index in [2.05, 4.69) is 10.3 Å². The van der Waals surface area contributed by atoms with Crippen molar-refractivity contribution in [3.8, 4) is 0 Å². The van der Waals surface area contributed by atoms with E-state index in [4.69, 9.17) is 5.73 Å². The van der Waals surface area contributed by atoms with Crippen molar-refractivity contribution in [3.05, 3.63) is 78.5 Å². The average Bonchev–Trinajstić information content (AvgIpc) is 3.27. The van der Waals surface area contributed by atoms with Gasteiger partial charge in [0.2, 0.25) is 0 Å². The molecule has 4 rings (SSSR count). The van der Waals surface area contributed by atoms with Crippen molar-refractivity contribution in [2.24, 2.45) is 0 Å². The number of hydrogen-bond acceptors (Lipinski definition) is 6. The van der Waals surface area contributed by atoms with Crippen molar-refractivity contribution in [2.45, 2.75) is 16.7 Å². The molecular formula is C22H22N4O3S. The van der Waals surface area contributed by atoms with Gasteiger partial charge in [0.05, 0.1) is 16.6 Å². The van der Waals surface area contributed by atoms with E-state index in [1.807, 2.05) is 17.0 Å². The first-order valence-electron chi connectivity index (χ1n) is 9.61. The molecule has 2 heterocycles. The molecule has 7 nitrogen and oxygen atoms in total. The number of benzene rings is 2. The number of nitrogens with one attached hydrogen (secondary N) is 1. The fraction of sp³-hybridized carbons (Fsp3) is 0.182. The normalized spacial score (nSPS) is 16.4. The summed E-state index contributed by atoms with van der Waals surface area (Å²) in [5, 5.41) is 2.41. The number of carbonyl (C=O) groups excluding carboxylic acids is 1. The molecule has 1 aliphatic heterocycles. The minimum Gasteiger partial charge on any atom is -0.397 e. The maximum Gasteiger partial charge on any atom is 0.255 e. The quantitative estimate of drug-likeness (QED) is 0.613. The van der Waals surface area contributed by atoms with Gasteiger partial charge in [-0.1, -0.05) is 18.2 Å². The number of carbonyl (C=O) groups is 1. The number of amides is 1. The van der Waals surface area contributed by atoms with Crippen molar-refractivity contribution in [3.63, 3.8) is 0 Å². The maximum absolute atomic E-state index is 12.8. The van der Waals surface area contributed by atoms with E-state index in [1.54, 1.807) is 48.5 Å². The van der Waals surface area contributed by atoms with Crippen molar-refractivity contribution in [1.82, 2.24) is 4.98 Å². The molecule has 0 unspecified atom stereocenters. The van der Waals surface area contributed by atoms with Crippen molar-refractivity contribution in [1.29, 1.82) is 0 Å². The summed E-state index contributed by atoms with van der Waals surface area (Å²) in [4.78, 5) is 18.5. The van der Waals surface area contributed by atoms with E-state index >= 15 is 0 Å². The van der Waals surface area contributed by atoms with Gasteiger partial charge in [-0.3, -0.25) is 4.79 Å². The van der Waals surface area contributed by atoms with E-state index < -0.39 is 15.1 Å². The van der Waals surface area contributed by atoms with Crippen LogP contribution in [0, 0.1) is 0 Å². The van der Waals surface area contributed by atoms with Gasteiger partial charge in [-0.2, -0.15) is 0 Å². The van der Waals surface area contributed by atoms with Gasteiger partial charge in [0.1, 0.15) is 0 Å². The van der Waals surface area contributed by atoms with Crippen LogP contribution in [0.4, 0.5) is 17.1 Å². The lowest BCUT2D eigenvalue weighted by atomic mass is 10.1. The second-order valence-corrected chi connectivity index (χ2v) is 9.33. The summed E-state index contributed by atoms with van der Waals surface area (Å²) in [6.45, 7) is 1.02. The molecule has 0 aliphatic carbocycles. The second kappa shape index (κ2) is 8.16. The molecule has 3 aromatic rings. The van der Waals surface area contributed by atoms with Gasteiger partial charge < -0.3 is 16.0 Å². The van der Waals surface area contributed by atoms with E-state index in [0.717, 1.165) is 5.69 Å². The Kier molecular flexibility index (Phi) is 5.41. The van der Waals surface area contributed by atoms with Gasteiger partial charge in [-0.15, -0.1) is 0 Å². The Labute approximate surface area is 175 Å². The van der Waals surface area contributed by atoms with Gasteiger partial charge in [-0.25, -0.2) is 13.4 Å². The summed E-state index contributed by atoms with van der Waals surface area (Å²) in [5.41, 5.74) is 8.31. The van der Waals surface area contributed by atoms with Gasteiger partial charge in [0.25, 0.3) is 5.91 Å². The smallest absolute Gasteiger partial charge is 0.255 e. The fourth-order valence-corrected chi connectivity index (χ4v) is 5.14. The monoisotopic (exact) mass is 422 g/mol. The number of nitrogen functional groups attached to an aromatic ring is 1. The Morgan fingerprint density at radius 3 is 2.47 bits per heavy atom. The first kappa shape index (κ1) is 19.9. The fourth-order valence-electron chi connectivity index (χ4n) is 3.53. The summed E-state index contributed by atoms with van der Waals surface area (Å²) >= 11 is 0. The van der Waals surface area contributed by atoms with Crippen molar-refractivity contribution < 1.29 is 13.2 Å². The molecule has 3 N–H and O–H groups in total. The maximum atomic E-state index is 12.8. The zero-order valence-corrected chi connectivity index (χ0v) is 17.0. The van der Waals surface area contributed by atoms with Gasteiger partial charge in [0, 0.05) is 30.5 Å². The Bertz CT molecular complexity index is 1150. The number of nitrogens with two attached hydrogens (primary N) is 1. The van der Waals surface area contributed by atoms with E-state index in [9.17, 15) is 13.2 Å². The Morgan fingerprint density at radius 1 is 1.03 bits per heavy atom. The third-order valence-corrected chi connectivity index (χ3v) is 7.30. The van der Waals surface area contributed by atoms with Crippen molar-refractivity contribution in [2.75, 3.05) is 29.0 Å². The second-order valence-electron chi connectivity index (χ2n) is 7.16. The van der Waals surface area contributed by atoms with Gasteiger partial charge in [-0.05, 0) is 55.0 Å². The highest BCUT2D eigenvalue weighted by atomic mass is 32.2. The summed E-state index contributed by atoms with van der Waals surface area (Å²) < 4.78 is 25.6. The molecule has 0 saturated carbocycles. The standard InChI is InChI=1S/C22H22N4O3S/c23-19-5-1-2-6-20(19)25-22(27)16-8-10-17(11-9-16)26-14-12-18(15-26)30(28,29)21-7-3-4-13-24-21/h1-11,13,18H,12,14-15,23H2,(H,25,27)/t18-/m0/s1. The molecule has 1 atom stereocenters. The molecule has 2 aromatic carbocycles. The predicted molar refractivity (Wildman–Crippen MR) is 117 cm³/mol. The highest BCUT2D eigenvalue weighted by Gasteiger charge is 2.35. The minimum atomic E-state index is -3.47. The predicted octanol–water partition coefficient (Wildman–Crippen LogP) is 2.97. The Morgan fingerprint density at radius 2 is 1.77 bits per heavy atom. The lowest BCUT2D eigenvalue weighted by molar-refractivity contribution is 0.102. The molecule has 0 spiro atoms. The van der Waals surface area contributed by atoms with Crippen LogP contribution in [0.5, 0.6) is 0 Å². The van der Waals surface area contributed by atoms with Gasteiger partial charge >= 0.3 is 0 Å². The van der Waals surface area contributed by atoms with Crippen LogP contribution >= 0.6 is 0 Å². The third-order valence-electron chi connectivity index (χ3n) is 5.22. The molecule has 1 saturated heterocycles. The number of rotatable bonds is 5. The van der Waals surface area contributed by atoms with Crippen LogP contribution in [0.2, 0.25) is 0 Å². The van der Waals surface area contributed by atoms with Crippen LogP contribution in [0.25, 0.3) is 0 Å². The molecule has 154 valence electrons. The lowest BCUT2D eigenvalue weighted by Gasteiger charge is -2.19. The first-order valence-corrected chi connectivity index (χ1v) is 11.2. The summed E-state index contributed by atoms with van der Waals surface area (Å²) in [6.07, 6.45) is 2.03. The number of anilines is 3. The van der Waals surface area contributed by atoms with Crippen LogP contribution in [-0.2, 0) is 9.84 Å². The molecule has 0 bridgehead atoms. The number of aromatic nitrogens is 1. The van der Waals surface area contributed by atoms with E-state index in [1.165, 1.54) is 12.3 Å². The number of hydrogen-bond donors (Lipinski definition) is 2. The molecule has 1 amide bonds. The molecule has 1 aliphatic rings. The first-order chi connectivity index (χ1) is 14.4.